The van der Waals surface area contributed by atoms with Gasteiger partial charge in [0.15, 0.2) is 0 Å². The first-order valence-corrected chi connectivity index (χ1v) is 5.79. The highest BCUT2D eigenvalue weighted by atomic mass is 16.3. The van der Waals surface area contributed by atoms with E-state index >= 15 is 0 Å². The molecule has 0 saturated carbocycles. The van der Waals surface area contributed by atoms with Crippen LogP contribution in [0.2, 0.25) is 0 Å². The van der Waals surface area contributed by atoms with E-state index in [0.29, 0.717) is 18.9 Å². The Labute approximate surface area is 91.1 Å². The first-order valence-electron chi connectivity index (χ1n) is 5.79. The fourth-order valence-corrected chi connectivity index (χ4v) is 2.56. The molecular weight excluding hydrogens is 186 g/mol. The first kappa shape index (κ1) is 10.7. The third-order valence-electron chi connectivity index (χ3n) is 3.34. The van der Waals surface area contributed by atoms with E-state index in [4.69, 9.17) is 5.73 Å². The minimum absolute atomic E-state index is 0.267. The maximum atomic E-state index is 10.0. The number of aryl methyl sites for hydroxylation is 1. The summed E-state index contributed by atoms with van der Waals surface area (Å²) in [6.45, 7) is 0.569. The van der Waals surface area contributed by atoms with Crippen LogP contribution < -0.4 is 5.73 Å². The molecule has 3 N–H and O–H groups in total. The van der Waals surface area contributed by atoms with Crippen molar-refractivity contribution in [2.24, 2.45) is 5.73 Å². The van der Waals surface area contributed by atoms with Crippen LogP contribution in [0.4, 0.5) is 0 Å². The summed E-state index contributed by atoms with van der Waals surface area (Å²) in [5.41, 5.74) is 8.24. The molecule has 2 heteroatoms. The molecule has 1 aromatic rings. The predicted octanol–water partition coefficient (Wildman–Crippen LogP) is 1.82. The molecule has 1 aliphatic carbocycles. The summed E-state index contributed by atoms with van der Waals surface area (Å²) in [6.07, 6.45) is 3.87. The number of fused-ring (bicyclic) bond motifs is 1. The largest absolute Gasteiger partial charge is 0.392 e. The van der Waals surface area contributed by atoms with Gasteiger partial charge >= 0.3 is 0 Å². The molecule has 0 radical (unpaired) electrons. The molecule has 0 spiro atoms. The third kappa shape index (κ3) is 2.21. The summed E-state index contributed by atoms with van der Waals surface area (Å²) in [5, 5.41) is 10.0. The Balaban J connectivity index is 2.21. The zero-order valence-corrected chi connectivity index (χ0v) is 9.02. The highest BCUT2D eigenvalue weighted by Gasteiger charge is 2.25. The Bertz CT molecular complexity index is 324. The van der Waals surface area contributed by atoms with Crippen LogP contribution in [0.15, 0.2) is 24.3 Å². The van der Waals surface area contributed by atoms with Crippen molar-refractivity contribution in [3.63, 3.8) is 0 Å². The van der Waals surface area contributed by atoms with E-state index in [1.807, 2.05) is 0 Å². The van der Waals surface area contributed by atoms with E-state index in [1.54, 1.807) is 0 Å². The molecule has 0 saturated heterocycles. The van der Waals surface area contributed by atoms with Gasteiger partial charge in [0.2, 0.25) is 0 Å². The SMILES string of the molecule is NCC[C@H](O)C1CCCc2ccccc21. The molecule has 2 atom stereocenters. The van der Waals surface area contributed by atoms with Crippen LogP contribution in [0.1, 0.15) is 36.3 Å². The predicted molar refractivity (Wildman–Crippen MR) is 61.8 cm³/mol. The van der Waals surface area contributed by atoms with Gasteiger partial charge in [-0.15, -0.1) is 0 Å². The molecule has 1 aromatic carbocycles. The summed E-state index contributed by atoms with van der Waals surface area (Å²) in [5.74, 6) is 0.304. The molecule has 0 fully saturated rings. The number of aliphatic hydroxyl groups excluding tert-OH is 1. The van der Waals surface area contributed by atoms with Crippen LogP contribution in [0.5, 0.6) is 0 Å². The van der Waals surface area contributed by atoms with Crippen LogP contribution in [0.3, 0.4) is 0 Å². The molecule has 1 unspecified atom stereocenters. The van der Waals surface area contributed by atoms with Crippen LogP contribution >= 0.6 is 0 Å². The van der Waals surface area contributed by atoms with Gasteiger partial charge in [-0.05, 0) is 43.4 Å². The molecular formula is C13H19NO. The van der Waals surface area contributed by atoms with Gasteiger partial charge in [-0.25, -0.2) is 0 Å². The molecule has 0 heterocycles. The van der Waals surface area contributed by atoms with Crippen molar-refractivity contribution in [1.82, 2.24) is 0 Å². The van der Waals surface area contributed by atoms with Crippen molar-refractivity contribution in [2.75, 3.05) is 6.54 Å². The summed E-state index contributed by atoms with van der Waals surface area (Å²) >= 11 is 0. The molecule has 82 valence electrons. The minimum Gasteiger partial charge on any atom is -0.392 e. The maximum absolute atomic E-state index is 10.0. The lowest BCUT2D eigenvalue weighted by molar-refractivity contribution is 0.127. The van der Waals surface area contributed by atoms with Crippen molar-refractivity contribution in [3.8, 4) is 0 Å². The van der Waals surface area contributed by atoms with Gasteiger partial charge in [-0.2, -0.15) is 0 Å². The second-order valence-electron chi connectivity index (χ2n) is 4.34. The first-order chi connectivity index (χ1) is 7.33. The molecule has 0 aliphatic heterocycles. The highest BCUT2D eigenvalue weighted by molar-refractivity contribution is 5.33. The number of aliphatic hydroxyl groups is 1. The zero-order chi connectivity index (χ0) is 10.7. The average Bonchev–Trinajstić information content (AvgIpc) is 2.28. The van der Waals surface area contributed by atoms with Gasteiger partial charge in [-0.3, -0.25) is 0 Å². The Morgan fingerprint density at radius 1 is 1.40 bits per heavy atom. The number of hydrogen-bond acceptors (Lipinski definition) is 2. The normalized spacial score (nSPS) is 22.1. The van der Waals surface area contributed by atoms with Gasteiger partial charge in [0.1, 0.15) is 0 Å². The van der Waals surface area contributed by atoms with Crippen LogP contribution in [0, 0.1) is 0 Å². The quantitative estimate of drug-likeness (QED) is 0.790. The minimum atomic E-state index is -0.267. The molecule has 0 amide bonds. The van der Waals surface area contributed by atoms with Crippen LogP contribution in [-0.4, -0.2) is 17.8 Å². The molecule has 0 bridgehead atoms. The van der Waals surface area contributed by atoms with Crippen molar-refractivity contribution < 1.29 is 5.11 Å². The Kier molecular flexibility index (Phi) is 3.39. The molecule has 2 nitrogen and oxygen atoms in total. The average molecular weight is 205 g/mol. The highest BCUT2D eigenvalue weighted by Crippen LogP contribution is 2.34. The van der Waals surface area contributed by atoms with Gasteiger partial charge in [0.05, 0.1) is 6.10 Å². The molecule has 1 aliphatic rings. The van der Waals surface area contributed by atoms with Gasteiger partial charge in [-0.1, -0.05) is 24.3 Å². The summed E-state index contributed by atoms with van der Waals surface area (Å²) in [6, 6.07) is 8.47. The van der Waals surface area contributed by atoms with Crippen molar-refractivity contribution in [1.29, 1.82) is 0 Å². The number of benzene rings is 1. The van der Waals surface area contributed by atoms with E-state index in [9.17, 15) is 5.11 Å². The van der Waals surface area contributed by atoms with Crippen LogP contribution in [0.25, 0.3) is 0 Å². The van der Waals surface area contributed by atoms with Gasteiger partial charge in [0.25, 0.3) is 0 Å². The fraction of sp³-hybridized carbons (Fsp3) is 0.538. The molecule has 2 rings (SSSR count). The smallest absolute Gasteiger partial charge is 0.0620 e. The van der Waals surface area contributed by atoms with Crippen molar-refractivity contribution >= 4 is 0 Å². The lowest BCUT2D eigenvalue weighted by atomic mass is 9.79. The summed E-state index contributed by atoms with van der Waals surface area (Å²) < 4.78 is 0. The third-order valence-corrected chi connectivity index (χ3v) is 3.34. The van der Waals surface area contributed by atoms with Crippen LogP contribution in [-0.2, 0) is 6.42 Å². The monoisotopic (exact) mass is 205 g/mol. The van der Waals surface area contributed by atoms with Gasteiger partial charge < -0.3 is 10.8 Å². The molecule has 0 aromatic heterocycles. The standard InChI is InChI=1S/C13H19NO/c14-9-8-13(15)12-7-3-5-10-4-1-2-6-11(10)12/h1-2,4,6,12-13,15H,3,5,7-9,14H2/t12?,13-/m0/s1. The zero-order valence-electron chi connectivity index (χ0n) is 9.02. The second-order valence-corrected chi connectivity index (χ2v) is 4.34. The van der Waals surface area contributed by atoms with E-state index in [2.05, 4.69) is 24.3 Å². The van der Waals surface area contributed by atoms with E-state index in [-0.39, 0.29) is 6.10 Å². The van der Waals surface area contributed by atoms with E-state index in [1.165, 1.54) is 17.5 Å². The van der Waals surface area contributed by atoms with Gasteiger partial charge in [0, 0.05) is 5.92 Å². The summed E-state index contributed by atoms with van der Waals surface area (Å²) in [7, 11) is 0. The van der Waals surface area contributed by atoms with E-state index < -0.39 is 0 Å². The number of nitrogens with two attached hydrogens (primary N) is 1. The molecule has 15 heavy (non-hydrogen) atoms. The Hall–Kier alpha value is -0.860. The topological polar surface area (TPSA) is 46.2 Å². The van der Waals surface area contributed by atoms with Crippen molar-refractivity contribution in [2.45, 2.75) is 37.7 Å². The Morgan fingerprint density at radius 2 is 2.20 bits per heavy atom. The summed E-state index contributed by atoms with van der Waals surface area (Å²) in [4.78, 5) is 0. The van der Waals surface area contributed by atoms with E-state index in [0.717, 1.165) is 12.8 Å². The fourth-order valence-electron chi connectivity index (χ4n) is 2.56. The second kappa shape index (κ2) is 4.77. The number of rotatable bonds is 3. The number of hydrogen-bond donors (Lipinski definition) is 2. The van der Waals surface area contributed by atoms with Crippen molar-refractivity contribution in [3.05, 3.63) is 35.4 Å². The maximum Gasteiger partial charge on any atom is 0.0620 e. The Morgan fingerprint density at radius 3 is 3.00 bits per heavy atom. The lowest BCUT2D eigenvalue weighted by Gasteiger charge is -2.29. The lowest BCUT2D eigenvalue weighted by Crippen LogP contribution is -2.25.